The van der Waals surface area contributed by atoms with Gasteiger partial charge in [-0.1, -0.05) is 41.9 Å². The van der Waals surface area contributed by atoms with Crippen LogP contribution in [-0.2, 0) is 16.0 Å². The van der Waals surface area contributed by atoms with Gasteiger partial charge in [0.25, 0.3) is 5.91 Å². The molecule has 0 fully saturated rings. The van der Waals surface area contributed by atoms with Crippen LogP contribution in [0.4, 0.5) is 4.39 Å². The number of halogens is 2. The van der Waals surface area contributed by atoms with Crippen molar-refractivity contribution >= 4 is 35.7 Å². The van der Waals surface area contributed by atoms with Crippen LogP contribution in [0, 0.1) is 5.82 Å². The molecule has 2 aromatic carbocycles. The number of imide groups is 1. The molecule has 2 atom stereocenters. The highest BCUT2D eigenvalue weighted by molar-refractivity contribution is 6.31. The molecule has 6 N–H and O–H groups in total. The number of nitrogens with zero attached hydrogens (tertiary/aromatic N) is 2. The molecule has 0 saturated carbocycles. The number of carbonyl (C=O) groups is 3. The van der Waals surface area contributed by atoms with E-state index in [-0.39, 0.29) is 29.5 Å². The molecule has 2 amide bonds. The number of guanidine groups is 1. The largest absolute Gasteiger partial charge is 0.370 e. The molecule has 0 spiro atoms. The molecule has 0 aliphatic heterocycles. The van der Waals surface area contributed by atoms with E-state index >= 15 is 0 Å². The molecule has 0 radical (unpaired) electrons. The summed E-state index contributed by atoms with van der Waals surface area (Å²) in [7, 11) is 0. The van der Waals surface area contributed by atoms with Gasteiger partial charge in [0.05, 0.1) is 17.1 Å². The molecule has 8 nitrogen and oxygen atoms in total. The highest BCUT2D eigenvalue weighted by Gasteiger charge is 2.33. The first kappa shape index (κ1) is 26.9. The van der Waals surface area contributed by atoms with Crippen molar-refractivity contribution < 1.29 is 18.8 Å². The number of hydrogen-bond acceptors (Lipinski definition) is 5. The summed E-state index contributed by atoms with van der Waals surface area (Å²) in [4.78, 5) is 43.1. The standard InChI is InChI=1S/C24H29ClFN5O3/c25-19-14-17(11-12-20(19)26)22(33)31(18(15-32)9-5-13-30-24(28)29)23(34)21(27)10-4-8-16-6-2-1-3-7-16/h1-3,6-7,11-12,14-15,18,21H,4-5,8-10,13,27H2,(H4,28,29,30)/t18-,21+/m0/s1. The van der Waals surface area contributed by atoms with Gasteiger partial charge in [0.15, 0.2) is 5.96 Å². The van der Waals surface area contributed by atoms with E-state index in [2.05, 4.69) is 4.99 Å². The van der Waals surface area contributed by atoms with Crippen LogP contribution in [0.3, 0.4) is 0 Å². The predicted octanol–water partition coefficient (Wildman–Crippen LogP) is 2.42. The van der Waals surface area contributed by atoms with E-state index in [1.807, 2.05) is 30.3 Å². The van der Waals surface area contributed by atoms with E-state index in [4.69, 9.17) is 28.8 Å². The molecule has 0 saturated heterocycles. The number of aryl methyl sites for hydroxylation is 1. The van der Waals surface area contributed by atoms with Crippen molar-refractivity contribution in [1.29, 1.82) is 0 Å². The zero-order valence-electron chi connectivity index (χ0n) is 18.7. The van der Waals surface area contributed by atoms with Gasteiger partial charge in [-0.25, -0.2) is 4.39 Å². The number of hydrogen-bond donors (Lipinski definition) is 3. The molecular weight excluding hydrogens is 461 g/mol. The lowest BCUT2D eigenvalue weighted by Gasteiger charge is -2.29. The molecule has 0 unspecified atom stereocenters. The summed E-state index contributed by atoms with van der Waals surface area (Å²) >= 11 is 5.81. The molecule has 0 aromatic heterocycles. The van der Waals surface area contributed by atoms with Gasteiger partial charge in [-0.3, -0.25) is 19.5 Å². The minimum atomic E-state index is -1.10. The van der Waals surface area contributed by atoms with Crippen LogP contribution >= 0.6 is 11.6 Å². The zero-order chi connectivity index (χ0) is 25.1. The summed E-state index contributed by atoms with van der Waals surface area (Å²) in [5, 5.41) is -0.277. The van der Waals surface area contributed by atoms with Crippen LogP contribution in [0.25, 0.3) is 0 Å². The van der Waals surface area contributed by atoms with Crippen molar-refractivity contribution in [3.63, 3.8) is 0 Å². The van der Waals surface area contributed by atoms with Crippen LogP contribution in [-0.4, -0.2) is 47.6 Å². The summed E-state index contributed by atoms with van der Waals surface area (Å²) in [6.45, 7) is 0.217. The Kier molecular flexibility index (Phi) is 10.6. The van der Waals surface area contributed by atoms with Gasteiger partial charge >= 0.3 is 0 Å². The van der Waals surface area contributed by atoms with Gasteiger partial charge in [-0.2, -0.15) is 0 Å². The molecule has 10 heteroatoms. The Morgan fingerprint density at radius 1 is 1.09 bits per heavy atom. The zero-order valence-corrected chi connectivity index (χ0v) is 19.5. The van der Waals surface area contributed by atoms with Crippen LogP contribution < -0.4 is 17.2 Å². The van der Waals surface area contributed by atoms with Gasteiger partial charge < -0.3 is 22.0 Å². The third-order valence-electron chi connectivity index (χ3n) is 5.20. The van der Waals surface area contributed by atoms with E-state index < -0.39 is 29.7 Å². The van der Waals surface area contributed by atoms with E-state index in [0.717, 1.165) is 22.6 Å². The van der Waals surface area contributed by atoms with E-state index in [9.17, 15) is 18.8 Å². The average molecular weight is 490 g/mol. The Balaban J connectivity index is 2.20. The van der Waals surface area contributed by atoms with Crippen molar-refractivity contribution in [2.75, 3.05) is 6.54 Å². The van der Waals surface area contributed by atoms with Crippen molar-refractivity contribution in [1.82, 2.24) is 4.90 Å². The second-order valence-electron chi connectivity index (χ2n) is 7.78. The number of nitrogens with two attached hydrogens (primary N) is 3. The summed E-state index contributed by atoms with van der Waals surface area (Å²) in [5.74, 6) is -2.30. The first-order valence-corrected chi connectivity index (χ1v) is 11.2. The minimum absolute atomic E-state index is 0.0349. The van der Waals surface area contributed by atoms with Gasteiger partial charge in [0.1, 0.15) is 12.1 Å². The topological polar surface area (TPSA) is 145 Å². The molecule has 2 rings (SSSR count). The quantitative estimate of drug-likeness (QED) is 0.181. The molecule has 182 valence electrons. The fourth-order valence-corrected chi connectivity index (χ4v) is 3.60. The summed E-state index contributed by atoms with van der Waals surface area (Å²) < 4.78 is 13.6. The molecule has 0 bridgehead atoms. The number of amides is 2. The van der Waals surface area contributed by atoms with Gasteiger partial charge in [-0.05, 0) is 55.9 Å². The normalized spacial score (nSPS) is 12.4. The highest BCUT2D eigenvalue weighted by atomic mass is 35.5. The number of carbonyl (C=O) groups excluding carboxylic acids is 3. The molecular formula is C24H29ClFN5O3. The van der Waals surface area contributed by atoms with Crippen molar-refractivity contribution in [3.05, 3.63) is 70.5 Å². The summed E-state index contributed by atoms with van der Waals surface area (Å²) in [6.07, 6.45) is 2.60. The predicted molar refractivity (Wildman–Crippen MR) is 130 cm³/mol. The molecule has 0 aliphatic carbocycles. The SMILES string of the molecule is NC(N)=NCCC[C@@H](C=O)N(C(=O)c1ccc(F)c(Cl)c1)C(=O)[C@H](N)CCCc1ccccc1. The maximum absolute atomic E-state index is 13.6. The van der Waals surface area contributed by atoms with Crippen LogP contribution in [0.2, 0.25) is 5.02 Å². The van der Waals surface area contributed by atoms with Crippen molar-refractivity contribution in [3.8, 4) is 0 Å². The molecule has 2 aromatic rings. The second kappa shape index (κ2) is 13.4. The van der Waals surface area contributed by atoms with E-state index in [0.29, 0.717) is 32.0 Å². The third kappa shape index (κ3) is 7.93. The number of rotatable bonds is 12. The Morgan fingerprint density at radius 3 is 2.41 bits per heavy atom. The monoisotopic (exact) mass is 489 g/mol. The van der Waals surface area contributed by atoms with Gasteiger partial charge in [0.2, 0.25) is 5.91 Å². The second-order valence-corrected chi connectivity index (χ2v) is 8.19. The summed E-state index contributed by atoms with van der Waals surface area (Å²) in [6, 6.07) is 10.9. The van der Waals surface area contributed by atoms with Gasteiger partial charge in [0, 0.05) is 12.1 Å². The lowest BCUT2D eigenvalue weighted by Crippen LogP contribution is -2.52. The fourth-order valence-electron chi connectivity index (χ4n) is 3.42. The lowest BCUT2D eigenvalue weighted by molar-refractivity contribution is -0.134. The Bertz CT molecular complexity index is 1010. The maximum Gasteiger partial charge on any atom is 0.261 e. The maximum atomic E-state index is 13.6. The molecule has 0 heterocycles. The van der Waals surface area contributed by atoms with Crippen molar-refractivity contribution in [2.24, 2.45) is 22.2 Å². The minimum Gasteiger partial charge on any atom is -0.370 e. The first-order valence-electron chi connectivity index (χ1n) is 10.9. The Morgan fingerprint density at radius 2 is 1.79 bits per heavy atom. The van der Waals surface area contributed by atoms with Gasteiger partial charge in [-0.15, -0.1) is 0 Å². The smallest absolute Gasteiger partial charge is 0.261 e. The Hall–Kier alpha value is -3.30. The number of aldehydes is 1. The fraction of sp³-hybridized carbons (Fsp3) is 0.333. The van der Waals surface area contributed by atoms with Crippen molar-refractivity contribution in [2.45, 2.75) is 44.2 Å². The Labute approximate surface area is 202 Å². The summed E-state index contributed by atoms with van der Waals surface area (Å²) in [5.41, 5.74) is 17.8. The number of aliphatic imine (C=N–C) groups is 1. The average Bonchev–Trinajstić information content (AvgIpc) is 2.82. The van der Waals surface area contributed by atoms with E-state index in [1.165, 1.54) is 6.07 Å². The highest BCUT2D eigenvalue weighted by Crippen LogP contribution is 2.20. The molecule has 0 aliphatic rings. The number of benzene rings is 2. The van der Waals surface area contributed by atoms with Crippen LogP contribution in [0.5, 0.6) is 0 Å². The van der Waals surface area contributed by atoms with Crippen LogP contribution in [0.1, 0.15) is 41.6 Å². The van der Waals surface area contributed by atoms with Crippen LogP contribution in [0.15, 0.2) is 53.5 Å². The first-order chi connectivity index (χ1) is 16.2. The lowest BCUT2D eigenvalue weighted by atomic mass is 10.0. The third-order valence-corrected chi connectivity index (χ3v) is 5.49. The van der Waals surface area contributed by atoms with E-state index in [1.54, 1.807) is 0 Å². The molecule has 34 heavy (non-hydrogen) atoms.